The van der Waals surface area contributed by atoms with Crippen LogP contribution in [0.3, 0.4) is 0 Å². The monoisotopic (exact) mass is 264 g/mol. The highest BCUT2D eigenvalue weighted by atomic mass is 15.1. The molecule has 110 valence electrons. The van der Waals surface area contributed by atoms with E-state index in [-0.39, 0.29) is 0 Å². The standard InChI is InChI=1S/C17H32N2/c1-17(2,3)15-9-13-19(14-10-15)12-6-4-5-11-18-16-7-8-16/h9,16,18H,4-8,10-14H2,1-3H3. The lowest BCUT2D eigenvalue weighted by Gasteiger charge is -2.32. The predicted molar refractivity (Wildman–Crippen MR) is 83.5 cm³/mol. The van der Waals surface area contributed by atoms with Gasteiger partial charge >= 0.3 is 0 Å². The van der Waals surface area contributed by atoms with Crippen molar-refractivity contribution in [3.05, 3.63) is 11.6 Å². The van der Waals surface area contributed by atoms with Gasteiger partial charge in [-0.15, -0.1) is 0 Å². The van der Waals surface area contributed by atoms with E-state index in [0.717, 1.165) is 6.04 Å². The van der Waals surface area contributed by atoms with Crippen molar-refractivity contribution in [1.82, 2.24) is 10.2 Å². The summed E-state index contributed by atoms with van der Waals surface area (Å²) in [5.74, 6) is 0. The van der Waals surface area contributed by atoms with Gasteiger partial charge in [0.25, 0.3) is 0 Å². The summed E-state index contributed by atoms with van der Waals surface area (Å²) in [6.45, 7) is 12.0. The third-order valence-corrected chi connectivity index (χ3v) is 4.42. The number of nitrogens with zero attached hydrogens (tertiary/aromatic N) is 1. The number of nitrogens with one attached hydrogen (secondary N) is 1. The van der Waals surface area contributed by atoms with E-state index < -0.39 is 0 Å². The fraction of sp³-hybridized carbons (Fsp3) is 0.882. The second kappa shape index (κ2) is 6.90. The minimum absolute atomic E-state index is 0.376. The Balaban J connectivity index is 1.51. The average Bonchev–Trinajstić information content (AvgIpc) is 3.17. The molecule has 0 radical (unpaired) electrons. The minimum atomic E-state index is 0.376. The quantitative estimate of drug-likeness (QED) is 0.558. The molecule has 0 spiro atoms. The summed E-state index contributed by atoms with van der Waals surface area (Å²) in [5, 5.41) is 3.59. The Kier molecular flexibility index (Phi) is 5.47. The Morgan fingerprint density at radius 1 is 1.21 bits per heavy atom. The van der Waals surface area contributed by atoms with E-state index in [2.05, 4.69) is 37.1 Å². The van der Waals surface area contributed by atoms with Crippen molar-refractivity contribution >= 4 is 0 Å². The maximum absolute atomic E-state index is 3.59. The van der Waals surface area contributed by atoms with Crippen molar-refractivity contribution in [2.75, 3.05) is 26.2 Å². The highest BCUT2D eigenvalue weighted by Gasteiger charge is 2.21. The van der Waals surface area contributed by atoms with Crippen molar-refractivity contribution in [3.8, 4) is 0 Å². The van der Waals surface area contributed by atoms with Gasteiger partial charge in [0.05, 0.1) is 0 Å². The van der Waals surface area contributed by atoms with Crippen molar-refractivity contribution in [2.45, 2.75) is 65.3 Å². The molecular formula is C17H32N2. The number of hydrogen-bond donors (Lipinski definition) is 1. The summed E-state index contributed by atoms with van der Waals surface area (Å²) in [6.07, 6.45) is 10.7. The van der Waals surface area contributed by atoms with Gasteiger partial charge in [0.1, 0.15) is 0 Å². The number of rotatable bonds is 7. The van der Waals surface area contributed by atoms with E-state index in [1.165, 1.54) is 64.7 Å². The highest BCUT2D eigenvalue weighted by Crippen LogP contribution is 2.30. The summed E-state index contributed by atoms with van der Waals surface area (Å²) in [6, 6.07) is 0.878. The zero-order valence-electron chi connectivity index (χ0n) is 13.2. The number of unbranched alkanes of at least 4 members (excludes halogenated alkanes) is 2. The van der Waals surface area contributed by atoms with Crippen LogP contribution >= 0.6 is 0 Å². The maximum Gasteiger partial charge on any atom is 0.0166 e. The molecule has 1 heterocycles. The third kappa shape index (κ3) is 5.66. The lowest BCUT2D eigenvalue weighted by molar-refractivity contribution is 0.272. The van der Waals surface area contributed by atoms with Gasteiger partial charge in [0, 0.05) is 19.1 Å². The lowest BCUT2D eigenvalue weighted by atomic mass is 9.83. The van der Waals surface area contributed by atoms with E-state index in [1.54, 1.807) is 5.57 Å². The molecule has 1 fully saturated rings. The number of hydrogen-bond acceptors (Lipinski definition) is 2. The smallest absolute Gasteiger partial charge is 0.0166 e. The molecule has 1 aliphatic carbocycles. The van der Waals surface area contributed by atoms with Gasteiger partial charge < -0.3 is 5.32 Å². The van der Waals surface area contributed by atoms with Crippen LogP contribution in [0.2, 0.25) is 0 Å². The van der Waals surface area contributed by atoms with Crippen LogP contribution in [0.1, 0.15) is 59.3 Å². The topological polar surface area (TPSA) is 15.3 Å². The molecule has 0 amide bonds. The van der Waals surface area contributed by atoms with Crippen LogP contribution in [0.15, 0.2) is 11.6 Å². The summed E-state index contributed by atoms with van der Waals surface area (Å²) < 4.78 is 0. The van der Waals surface area contributed by atoms with Gasteiger partial charge in [-0.1, -0.05) is 38.8 Å². The predicted octanol–water partition coefficient (Wildman–Crippen LogP) is 3.59. The summed E-state index contributed by atoms with van der Waals surface area (Å²) in [4.78, 5) is 2.61. The van der Waals surface area contributed by atoms with Crippen LogP contribution in [-0.4, -0.2) is 37.1 Å². The molecule has 0 aromatic heterocycles. The minimum Gasteiger partial charge on any atom is -0.314 e. The zero-order chi connectivity index (χ0) is 13.7. The van der Waals surface area contributed by atoms with Crippen molar-refractivity contribution in [2.24, 2.45) is 5.41 Å². The molecule has 2 rings (SSSR count). The highest BCUT2D eigenvalue weighted by molar-refractivity contribution is 5.14. The Bertz CT molecular complexity index is 297. The zero-order valence-corrected chi connectivity index (χ0v) is 13.2. The van der Waals surface area contributed by atoms with Crippen LogP contribution in [0.4, 0.5) is 0 Å². The van der Waals surface area contributed by atoms with Gasteiger partial charge in [-0.25, -0.2) is 0 Å². The average molecular weight is 264 g/mol. The molecule has 0 aromatic rings. The molecule has 2 aliphatic rings. The lowest BCUT2D eigenvalue weighted by Crippen LogP contribution is -2.32. The molecule has 2 nitrogen and oxygen atoms in total. The molecule has 0 unspecified atom stereocenters. The molecule has 1 N–H and O–H groups in total. The van der Waals surface area contributed by atoms with Crippen LogP contribution in [0, 0.1) is 5.41 Å². The Hall–Kier alpha value is -0.340. The van der Waals surface area contributed by atoms with Gasteiger partial charge in [-0.05, 0) is 50.6 Å². The first-order valence-electron chi connectivity index (χ1n) is 8.21. The molecule has 0 saturated heterocycles. The molecule has 0 atom stereocenters. The fourth-order valence-electron chi connectivity index (χ4n) is 2.83. The van der Waals surface area contributed by atoms with E-state index in [1.807, 2.05) is 0 Å². The maximum atomic E-state index is 3.59. The van der Waals surface area contributed by atoms with Gasteiger partial charge in [-0.2, -0.15) is 0 Å². The van der Waals surface area contributed by atoms with Gasteiger partial charge in [-0.3, -0.25) is 4.90 Å². The first kappa shape index (κ1) is 15.1. The normalized spacial score (nSPS) is 21.5. The molecule has 0 bridgehead atoms. The van der Waals surface area contributed by atoms with Gasteiger partial charge in [0.2, 0.25) is 0 Å². The summed E-state index contributed by atoms with van der Waals surface area (Å²) in [7, 11) is 0. The van der Waals surface area contributed by atoms with Crippen LogP contribution in [0.25, 0.3) is 0 Å². The van der Waals surface area contributed by atoms with E-state index in [9.17, 15) is 0 Å². The molecule has 19 heavy (non-hydrogen) atoms. The second-order valence-electron chi connectivity index (χ2n) is 7.32. The molecular weight excluding hydrogens is 232 g/mol. The Morgan fingerprint density at radius 3 is 2.58 bits per heavy atom. The molecule has 0 aromatic carbocycles. The van der Waals surface area contributed by atoms with Crippen molar-refractivity contribution < 1.29 is 0 Å². The molecule has 1 saturated carbocycles. The summed E-state index contributed by atoms with van der Waals surface area (Å²) in [5.41, 5.74) is 2.03. The first-order valence-corrected chi connectivity index (χ1v) is 8.21. The van der Waals surface area contributed by atoms with Crippen molar-refractivity contribution in [1.29, 1.82) is 0 Å². The Morgan fingerprint density at radius 2 is 2.00 bits per heavy atom. The van der Waals surface area contributed by atoms with E-state index in [4.69, 9.17) is 0 Å². The molecule has 1 aliphatic heterocycles. The van der Waals surface area contributed by atoms with Crippen LogP contribution in [0.5, 0.6) is 0 Å². The van der Waals surface area contributed by atoms with Gasteiger partial charge in [0.15, 0.2) is 0 Å². The first-order chi connectivity index (χ1) is 9.05. The van der Waals surface area contributed by atoms with E-state index >= 15 is 0 Å². The van der Waals surface area contributed by atoms with E-state index in [0.29, 0.717) is 5.41 Å². The second-order valence-corrected chi connectivity index (χ2v) is 7.32. The SMILES string of the molecule is CC(C)(C)C1=CCN(CCCCCNC2CC2)CC1. The van der Waals surface area contributed by atoms with Crippen LogP contribution < -0.4 is 5.32 Å². The van der Waals surface area contributed by atoms with Crippen LogP contribution in [-0.2, 0) is 0 Å². The van der Waals surface area contributed by atoms with Crippen molar-refractivity contribution in [3.63, 3.8) is 0 Å². The summed E-state index contributed by atoms with van der Waals surface area (Å²) >= 11 is 0. The Labute approximate surface area is 119 Å². The third-order valence-electron chi connectivity index (χ3n) is 4.42. The largest absolute Gasteiger partial charge is 0.314 e. The molecule has 2 heteroatoms. The fourth-order valence-corrected chi connectivity index (χ4v) is 2.83.